The Balaban J connectivity index is 2.26. The molecule has 0 saturated heterocycles. The summed E-state index contributed by atoms with van der Waals surface area (Å²) in [4.78, 5) is 4.17. The largest absolute Gasteiger partial charge is 0.320 e. The maximum Gasteiger partial charge on any atom is 0.0567 e. The van der Waals surface area contributed by atoms with Crippen molar-refractivity contribution in [3.05, 3.63) is 63.9 Å². The molecule has 0 aliphatic heterocycles. The molecule has 1 unspecified atom stereocenters. The van der Waals surface area contributed by atoms with Gasteiger partial charge in [0.15, 0.2) is 0 Å². The van der Waals surface area contributed by atoms with Gasteiger partial charge in [-0.3, -0.25) is 4.98 Å². The first kappa shape index (κ1) is 14.2. The first-order valence-electron chi connectivity index (χ1n) is 6.51. The zero-order valence-electron chi connectivity index (χ0n) is 11.3. The molecule has 1 atom stereocenters. The van der Waals surface area contributed by atoms with Crippen LogP contribution in [0.25, 0.3) is 0 Å². The standard InChI is InChI=1S/C16H19BrN2/c1-11(2)6-12-4-3-5-13(7-12)16(18)14-8-15(17)10-19-9-14/h3-5,7-11,16H,6,18H2,1-2H3. The van der Waals surface area contributed by atoms with Crippen LogP contribution in [0.15, 0.2) is 47.2 Å². The highest BCUT2D eigenvalue weighted by Crippen LogP contribution is 2.23. The molecule has 2 rings (SSSR count). The molecular formula is C16H19BrN2. The molecule has 0 amide bonds. The lowest BCUT2D eigenvalue weighted by Crippen LogP contribution is -2.12. The molecule has 1 heterocycles. The number of aromatic nitrogens is 1. The minimum absolute atomic E-state index is 0.128. The number of hydrogen-bond donors (Lipinski definition) is 1. The SMILES string of the molecule is CC(C)Cc1cccc(C(N)c2cncc(Br)c2)c1. The monoisotopic (exact) mass is 318 g/mol. The van der Waals surface area contributed by atoms with Gasteiger partial charge in [-0.15, -0.1) is 0 Å². The number of nitrogens with zero attached hydrogens (tertiary/aromatic N) is 1. The summed E-state index contributed by atoms with van der Waals surface area (Å²) in [5.74, 6) is 0.652. The van der Waals surface area contributed by atoms with Gasteiger partial charge in [0, 0.05) is 16.9 Å². The fourth-order valence-corrected chi connectivity index (χ4v) is 2.56. The maximum absolute atomic E-state index is 6.32. The number of halogens is 1. The molecule has 0 aliphatic carbocycles. The van der Waals surface area contributed by atoms with Crippen molar-refractivity contribution < 1.29 is 0 Å². The molecule has 0 aliphatic rings. The lowest BCUT2D eigenvalue weighted by Gasteiger charge is -2.14. The molecule has 0 radical (unpaired) electrons. The predicted octanol–water partition coefficient (Wildman–Crippen LogP) is 4.09. The first-order chi connectivity index (χ1) is 9.06. The maximum atomic E-state index is 6.32. The van der Waals surface area contributed by atoms with Crippen molar-refractivity contribution in [2.45, 2.75) is 26.3 Å². The minimum Gasteiger partial charge on any atom is -0.320 e. The van der Waals surface area contributed by atoms with E-state index in [0.717, 1.165) is 22.0 Å². The van der Waals surface area contributed by atoms with Gasteiger partial charge in [0.05, 0.1) is 6.04 Å². The molecule has 19 heavy (non-hydrogen) atoms. The van der Waals surface area contributed by atoms with E-state index in [-0.39, 0.29) is 6.04 Å². The quantitative estimate of drug-likeness (QED) is 0.922. The van der Waals surface area contributed by atoms with E-state index in [1.807, 2.05) is 12.3 Å². The van der Waals surface area contributed by atoms with Crippen LogP contribution < -0.4 is 5.73 Å². The summed E-state index contributed by atoms with van der Waals surface area (Å²) in [7, 11) is 0. The molecule has 1 aromatic carbocycles. The van der Waals surface area contributed by atoms with Crippen molar-refractivity contribution in [3.63, 3.8) is 0 Å². The molecule has 1 aromatic heterocycles. The van der Waals surface area contributed by atoms with Gasteiger partial charge in [-0.05, 0) is 51.0 Å². The fourth-order valence-electron chi connectivity index (χ4n) is 2.18. The zero-order valence-corrected chi connectivity index (χ0v) is 12.9. The van der Waals surface area contributed by atoms with Crippen molar-refractivity contribution in [2.24, 2.45) is 11.7 Å². The average Bonchev–Trinajstić information content (AvgIpc) is 2.37. The molecule has 3 heteroatoms. The van der Waals surface area contributed by atoms with Gasteiger partial charge >= 0.3 is 0 Å². The highest BCUT2D eigenvalue weighted by atomic mass is 79.9. The van der Waals surface area contributed by atoms with E-state index < -0.39 is 0 Å². The van der Waals surface area contributed by atoms with Crippen LogP contribution in [0.2, 0.25) is 0 Å². The third-order valence-electron chi connectivity index (χ3n) is 3.04. The molecule has 2 N–H and O–H groups in total. The number of pyridine rings is 1. The van der Waals surface area contributed by atoms with Crippen molar-refractivity contribution >= 4 is 15.9 Å². The van der Waals surface area contributed by atoms with Crippen LogP contribution in [0.3, 0.4) is 0 Å². The summed E-state index contributed by atoms with van der Waals surface area (Å²) in [6.45, 7) is 4.45. The van der Waals surface area contributed by atoms with E-state index in [2.05, 4.69) is 59.0 Å². The summed E-state index contributed by atoms with van der Waals surface area (Å²) in [5, 5.41) is 0. The van der Waals surface area contributed by atoms with Gasteiger partial charge < -0.3 is 5.73 Å². The zero-order chi connectivity index (χ0) is 13.8. The Bertz CT molecular complexity index is 552. The Morgan fingerprint density at radius 2 is 1.95 bits per heavy atom. The summed E-state index contributed by atoms with van der Waals surface area (Å²) >= 11 is 3.43. The third kappa shape index (κ3) is 3.88. The molecule has 0 fully saturated rings. The highest BCUT2D eigenvalue weighted by Gasteiger charge is 2.10. The van der Waals surface area contributed by atoms with Crippen LogP contribution in [0.4, 0.5) is 0 Å². The van der Waals surface area contributed by atoms with Crippen molar-refractivity contribution in [1.82, 2.24) is 4.98 Å². The van der Waals surface area contributed by atoms with E-state index >= 15 is 0 Å². The minimum atomic E-state index is -0.128. The second-order valence-corrected chi connectivity index (χ2v) is 6.17. The van der Waals surface area contributed by atoms with Crippen LogP contribution in [-0.2, 0) is 6.42 Å². The molecule has 0 bridgehead atoms. The topological polar surface area (TPSA) is 38.9 Å². The van der Waals surface area contributed by atoms with E-state index in [1.165, 1.54) is 5.56 Å². The summed E-state index contributed by atoms with van der Waals surface area (Å²) in [5.41, 5.74) is 9.82. The summed E-state index contributed by atoms with van der Waals surface area (Å²) < 4.78 is 0.957. The Morgan fingerprint density at radius 3 is 2.63 bits per heavy atom. The normalized spacial score (nSPS) is 12.7. The van der Waals surface area contributed by atoms with Crippen LogP contribution in [0, 0.1) is 5.92 Å². The molecule has 2 nitrogen and oxygen atoms in total. The predicted molar refractivity (Wildman–Crippen MR) is 83.0 cm³/mol. The molecular weight excluding hydrogens is 300 g/mol. The second kappa shape index (κ2) is 6.31. The van der Waals surface area contributed by atoms with Crippen molar-refractivity contribution in [3.8, 4) is 0 Å². The Morgan fingerprint density at radius 1 is 1.16 bits per heavy atom. The number of nitrogens with two attached hydrogens (primary N) is 1. The van der Waals surface area contributed by atoms with E-state index in [0.29, 0.717) is 5.92 Å². The summed E-state index contributed by atoms with van der Waals surface area (Å²) in [6.07, 6.45) is 4.67. The number of benzene rings is 1. The second-order valence-electron chi connectivity index (χ2n) is 5.26. The van der Waals surface area contributed by atoms with Gasteiger partial charge in [0.25, 0.3) is 0 Å². The average molecular weight is 319 g/mol. The third-order valence-corrected chi connectivity index (χ3v) is 3.47. The van der Waals surface area contributed by atoms with E-state index in [1.54, 1.807) is 6.20 Å². The van der Waals surface area contributed by atoms with Gasteiger partial charge in [0.1, 0.15) is 0 Å². The van der Waals surface area contributed by atoms with E-state index in [4.69, 9.17) is 5.73 Å². The van der Waals surface area contributed by atoms with Gasteiger partial charge in [-0.2, -0.15) is 0 Å². The Labute approximate surface area is 123 Å². The Kier molecular flexibility index (Phi) is 4.72. The van der Waals surface area contributed by atoms with E-state index in [9.17, 15) is 0 Å². The molecule has 0 spiro atoms. The smallest absolute Gasteiger partial charge is 0.0567 e. The summed E-state index contributed by atoms with van der Waals surface area (Å²) in [6, 6.07) is 10.4. The molecule has 0 saturated carbocycles. The number of rotatable bonds is 4. The van der Waals surface area contributed by atoms with Gasteiger partial charge in [-0.1, -0.05) is 38.1 Å². The van der Waals surface area contributed by atoms with Gasteiger partial charge in [0.2, 0.25) is 0 Å². The van der Waals surface area contributed by atoms with Gasteiger partial charge in [-0.25, -0.2) is 0 Å². The first-order valence-corrected chi connectivity index (χ1v) is 7.30. The van der Waals surface area contributed by atoms with Crippen LogP contribution >= 0.6 is 15.9 Å². The fraction of sp³-hybridized carbons (Fsp3) is 0.312. The lowest BCUT2D eigenvalue weighted by atomic mass is 9.96. The Hall–Kier alpha value is -1.19. The highest BCUT2D eigenvalue weighted by molar-refractivity contribution is 9.10. The van der Waals surface area contributed by atoms with Crippen molar-refractivity contribution in [1.29, 1.82) is 0 Å². The molecule has 100 valence electrons. The van der Waals surface area contributed by atoms with Crippen LogP contribution in [0.5, 0.6) is 0 Å². The number of hydrogen-bond acceptors (Lipinski definition) is 2. The lowest BCUT2D eigenvalue weighted by molar-refractivity contribution is 0.646. The van der Waals surface area contributed by atoms with Crippen molar-refractivity contribution in [2.75, 3.05) is 0 Å². The van der Waals surface area contributed by atoms with Crippen LogP contribution in [-0.4, -0.2) is 4.98 Å². The molecule has 2 aromatic rings. The van der Waals surface area contributed by atoms with Crippen LogP contribution in [0.1, 0.15) is 36.6 Å².